The fraction of sp³-hybridized carbons (Fsp3) is 0.200. The zero-order valence-corrected chi connectivity index (χ0v) is 22.3. The molecular weight excluding hydrogens is 525 g/mol. The zero-order valence-electron chi connectivity index (χ0n) is 18.3. The molecule has 0 unspecified atom stereocenters. The summed E-state index contributed by atoms with van der Waals surface area (Å²) in [5, 5.41) is 1.20. The molecular formula is C25H21Cl2N3OS3. The molecule has 174 valence electrons. The number of hydrogen-bond donors (Lipinski definition) is 0. The van der Waals surface area contributed by atoms with Crippen molar-refractivity contribution in [2.45, 2.75) is 0 Å². The first kappa shape index (κ1) is 23.6. The average molecular weight is 547 g/mol. The molecule has 1 aliphatic heterocycles. The Bertz CT molecular complexity index is 1430. The minimum atomic E-state index is -0.0918. The average Bonchev–Trinajstić information content (AvgIpc) is 3.56. The molecule has 4 heterocycles. The number of nitrogens with zero attached hydrogens (tertiary/aromatic N) is 3. The summed E-state index contributed by atoms with van der Waals surface area (Å²) in [5.41, 5.74) is 1.53. The van der Waals surface area contributed by atoms with Crippen molar-refractivity contribution < 1.29 is 4.79 Å². The number of rotatable bonds is 8. The van der Waals surface area contributed by atoms with Crippen LogP contribution in [0.25, 0.3) is 31.0 Å². The molecule has 4 nitrogen and oxygen atoms in total. The van der Waals surface area contributed by atoms with Crippen LogP contribution in [-0.2, 0) is 4.79 Å². The monoisotopic (exact) mass is 545 g/mol. The number of aliphatic imine (C=N–C) groups is 1. The van der Waals surface area contributed by atoms with Crippen LogP contribution in [0, 0.1) is 0 Å². The van der Waals surface area contributed by atoms with E-state index in [9.17, 15) is 4.79 Å². The maximum atomic E-state index is 12.8. The van der Waals surface area contributed by atoms with Crippen LogP contribution in [0.2, 0.25) is 0 Å². The molecule has 0 saturated heterocycles. The van der Waals surface area contributed by atoms with Crippen LogP contribution >= 0.6 is 57.2 Å². The van der Waals surface area contributed by atoms with Crippen molar-refractivity contribution >= 4 is 105 Å². The smallest absolute Gasteiger partial charge is 0.277 e. The molecule has 1 aromatic carbocycles. The fourth-order valence-corrected chi connectivity index (χ4v) is 8.16. The van der Waals surface area contributed by atoms with Gasteiger partial charge in [-0.25, -0.2) is 4.99 Å². The number of anilines is 1. The minimum Gasteiger partial charge on any atom is -0.361 e. The first-order valence-corrected chi connectivity index (χ1v) is 14.2. The molecule has 0 radical (unpaired) electrons. The van der Waals surface area contributed by atoms with Crippen LogP contribution < -0.4 is 4.90 Å². The molecule has 0 spiro atoms. The van der Waals surface area contributed by atoms with Gasteiger partial charge in [-0.3, -0.25) is 9.69 Å². The third kappa shape index (κ3) is 4.68. The molecule has 34 heavy (non-hydrogen) atoms. The molecule has 4 aromatic rings. The quantitative estimate of drug-likeness (QED) is 0.171. The van der Waals surface area contributed by atoms with Crippen LogP contribution in [0.4, 0.5) is 5.00 Å². The van der Waals surface area contributed by atoms with Crippen molar-refractivity contribution in [1.29, 1.82) is 0 Å². The Morgan fingerprint density at radius 1 is 0.971 bits per heavy atom. The first-order chi connectivity index (χ1) is 16.6. The third-order valence-electron chi connectivity index (χ3n) is 5.45. The van der Waals surface area contributed by atoms with Gasteiger partial charge in [0.15, 0.2) is 0 Å². The molecule has 1 amide bonds. The fourth-order valence-electron chi connectivity index (χ4n) is 3.74. The number of halogens is 2. The summed E-state index contributed by atoms with van der Waals surface area (Å²) in [7, 11) is 1.76. The highest BCUT2D eigenvalue weighted by Crippen LogP contribution is 2.46. The maximum Gasteiger partial charge on any atom is 0.277 e. The number of hydrogen-bond acceptors (Lipinski definition) is 6. The van der Waals surface area contributed by atoms with Crippen molar-refractivity contribution in [2.24, 2.45) is 4.99 Å². The van der Waals surface area contributed by atoms with Crippen molar-refractivity contribution in [2.75, 3.05) is 36.8 Å². The number of amides is 1. The first-order valence-electron chi connectivity index (χ1n) is 10.7. The Morgan fingerprint density at radius 3 is 2.41 bits per heavy atom. The second-order valence-corrected chi connectivity index (χ2v) is 11.6. The summed E-state index contributed by atoms with van der Waals surface area (Å²) in [4.78, 5) is 22.2. The molecule has 0 N–H and O–H groups in total. The van der Waals surface area contributed by atoms with Crippen LogP contribution in [0.5, 0.6) is 0 Å². The lowest BCUT2D eigenvalue weighted by molar-refractivity contribution is -0.121. The highest BCUT2D eigenvalue weighted by Gasteiger charge is 2.25. The van der Waals surface area contributed by atoms with E-state index in [1.54, 1.807) is 46.0 Å². The Morgan fingerprint density at radius 2 is 1.68 bits per heavy atom. The standard InChI is InChI=1S/C25H21Cl2N3OS3/c1-29-21(8-7-16-5-3-2-4-6-16)28-18(25(29)31)13-17-14-19-23(32-17)24-20(33-19)15-22(34-24)30(11-9-26)12-10-27/h2-8,13-15H,9-12H2,1H3/b8-7+,18-13-. The summed E-state index contributed by atoms with van der Waals surface area (Å²) >= 11 is 17.2. The topological polar surface area (TPSA) is 35.9 Å². The van der Waals surface area contributed by atoms with E-state index in [1.165, 1.54) is 23.8 Å². The number of alkyl halides is 2. The van der Waals surface area contributed by atoms with E-state index in [0.717, 1.165) is 23.5 Å². The van der Waals surface area contributed by atoms with E-state index in [-0.39, 0.29) is 5.91 Å². The summed E-state index contributed by atoms with van der Waals surface area (Å²) < 4.78 is 5.05. The number of carbonyl (C=O) groups excluding carboxylic acids is 1. The van der Waals surface area contributed by atoms with Gasteiger partial charge < -0.3 is 4.90 Å². The number of benzene rings is 1. The van der Waals surface area contributed by atoms with Gasteiger partial charge in [0.25, 0.3) is 5.91 Å². The number of carbonyl (C=O) groups is 1. The van der Waals surface area contributed by atoms with Gasteiger partial charge in [0.05, 0.1) is 14.4 Å². The lowest BCUT2D eigenvalue weighted by atomic mass is 10.2. The molecule has 9 heteroatoms. The lowest BCUT2D eigenvalue weighted by Crippen LogP contribution is -2.26. The van der Waals surface area contributed by atoms with E-state index in [1.807, 2.05) is 48.6 Å². The van der Waals surface area contributed by atoms with Crippen molar-refractivity contribution in [3.63, 3.8) is 0 Å². The van der Waals surface area contributed by atoms with Crippen LogP contribution in [-0.4, -0.2) is 48.5 Å². The van der Waals surface area contributed by atoms with E-state index >= 15 is 0 Å². The SMILES string of the molecule is CN1C(=O)/C(=C/c2cc3sc4cc(N(CCCl)CCCl)sc4c3s2)N=C1/C=C/c1ccccc1. The normalized spacial score (nSPS) is 15.5. The molecule has 1 aliphatic rings. The zero-order chi connectivity index (χ0) is 23.7. The van der Waals surface area contributed by atoms with E-state index in [0.29, 0.717) is 23.3 Å². The van der Waals surface area contributed by atoms with Gasteiger partial charge >= 0.3 is 0 Å². The highest BCUT2D eigenvalue weighted by molar-refractivity contribution is 7.39. The summed E-state index contributed by atoms with van der Waals surface area (Å²) in [6.07, 6.45) is 5.74. The Kier molecular flexibility index (Phi) is 7.09. The Hall–Kier alpha value is -2.16. The van der Waals surface area contributed by atoms with Crippen LogP contribution in [0.1, 0.15) is 10.4 Å². The highest BCUT2D eigenvalue weighted by atomic mass is 35.5. The Balaban J connectivity index is 1.43. The summed E-state index contributed by atoms with van der Waals surface area (Å²) in [6.45, 7) is 1.56. The molecule has 3 aromatic heterocycles. The van der Waals surface area contributed by atoms with Gasteiger partial charge in [0.2, 0.25) is 0 Å². The van der Waals surface area contributed by atoms with Crippen molar-refractivity contribution in [3.8, 4) is 0 Å². The second kappa shape index (κ2) is 10.2. The number of likely N-dealkylation sites (N-methyl/N-ethyl adjacent to an activating group) is 1. The van der Waals surface area contributed by atoms with Crippen molar-refractivity contribution in [3.05, 3.63) is 64.7 Å². The minimum absolute atomic E-state index is 0.0918. The molecule has 0 aliphatic carbocycles. The van der Waals surface area contributed by atoms with E-state index in [4.69, 9.17) is 23.2 Å². The molecule has 0 bridgehead atoms. The van der Waals surface area contributed by atoms with Gasteiger partial charge in [-0.1, -0.05) is 36.4 Å². The van der Waals surface area contributed by atoms with Crippen LogP contribution in [0.15, 0.2) is 59.2 Å². The van der Waals surface area contributed by atoms with E-state index < -0.39 is 0 Å². The van der Waals surface area contributed by atoms with Gasteiger partial charge in [0.1, 0.15) is 11.5 Å². The maximum absolute atomic E-state index is 12.8. The van der Waals surface area contributed by atoms with Gasteiger partial charge in [-0.15, -0.1) is 57.2 Å². The van der Waals surface area contributed by atoms with Gasteiger partial charge in [-0.2, -0.15) is 0 Å². The van der Waals surface area contributed by atoms with Gasteiger partial charge in [-0.05, 0) is 29.8 Å². The summed E-state index contributed by atoms with van der Waals surface area (Å²) in [6, 6.07) is 14.4. The largest absolute Gasteiger partial charge is 0.361 e. The van der Waals surface area contributed by atoms with Gasteiger partial charge in [0, 0.05) is 46.2 Å². The predicted molar refractivity (Wildman–Crippen MR) is 152 cm³/mol. The van der Waals surface area contributed by atoms with E-state index in [2.05, 4.69) is 22.0 Å². The molecule has 0 atom stereocenters. The molecule has 0 fully saturated rings. The number of amidine groups is 1. The Labute approximate surface area is 220 Å². The number of thiophene rings is 3. The molecule has 0 saturated carbocycles. The molecule has 5 rings (SSSR count). The lowest BCUT2D eigenvalue weighted by Gasteiger charge is -2.20. The third-order valence-corrected chi connectivity index (χ3v) is 9.58. The van der Waals surface area contributed by atoms with Crippen LogP contribution in [0.3, 0.4) is 0 Å². The second-order valence-electron chi connectivity index (χ2n) is 7.69. The van der Waals surface area contributed by atoms with Crippen molar-refractivity contribution in [1.82, 2.24) is 4.90 Å². The predicted octanol–water partition coefficient (Wildman–Crippen LogP) is 7.39. The summed E-state index contributed by atoms with van der Waals surface area (Å²) in [5.74, 6) is 1.69. The number of fused-ring (bicyclic) bond motifs is 3.